The first kappa shape index (κ1) is 24.0. The number of nitrogens with one attached hydrogen (secondary N) is 1. The van der Waals surface area contributed by atoms with E-state index < -0.39 is 29.8 Å². The number of rotatable bonds is 5. The summed E-state index contributed by atoms with van der Waals surface area (Å²) in [5.74, 6) is -1.03. The molecule has 5 rings (SSSR count). The van der Waals surface area contributed by atoms with Gasteiger partial charge in [0.05, 0.1) is 31.9 Å². The molecule has 2 aliphatic rings. The van der Waals surface area contributed by atoms with E-state index in [4.69, 9.17) is 9.47 Å². The fraction of sp³-hybridized carbons (Fsp3) is 0.222. The van der Waals surface area contributed by atoms with Gasteiger partial charge in [0.15, 0.2) is 0 Å². The van der Waals surface area contributed by atoms with Gasteiger partial charge < -0.3 is 9.47 Å². The fourth-order valence-electron chi connectivity index (χ4n) is 4.89. The van der Waals surface area contributed by atoms with Crippen LogP contribution in [0, 0.1) is 12.8 Å². The van der Waals surface area contributed by atoms with Crippen molar-refractivity contribution < 1.29 is 23.9 Å². The maximum absolute atomic E-state index is 13.8. The summed E-state index contributed by atoms with van der Waals surface area (Å²) >= 11 is 3.40. The van der Waals surface area contributed by atoms with E-state index in [0.29, 0.717) is 28.3 Å². The second-order valence-corrected chi connectivity index (χ2v) is 9.64. The normalized spacial score (nSPS) is 21.1. The van der Waals surface area contributed by atoms with Crippen LogP contribution in [0.15, 0.2) is 71.2 Å². The molecule has 2 aliphatic heterocycles. The van der Waals surface area contributed by atoms with Crippen molar-refractivity contribution in [2.75, 3.05) is 19.1 Å². The smallest absolute Gasteiger partial charge is 0.268 e. The molecular weight excluding hydrogens is 526 g/mol. The summed E-state index contributed by atoms with van der Waals surface area (Å²) in [6, 6.07) is 17.7. The van der Waals surface area contributed by atoms with Crippen LogP contribution in [-0.2, 0) is 9.59 Å². The van der Waals surface area contributed by atoms with Gasteiger partial charge in [-0.3, -0.25) is 19.4 Å². The van der Waals surface area contributed by atoms with Crippen molar-refractivity contribution in [1.29, 1.82) is 0 Å². The summed E-state index contributed by atoms with van der Waals surface area (Å²) in [5, 5.41) is 1.29. The quantitative estimate of drug-likeness (QED) is 0.483. The molecular formula is C27H24BrN3O5. The number of hydrogen-bond donors (Lipinski definition) is 1. The Kier molecular flexibility index (Phi) is 6.27. The zero-order valence-corrected chi connectivity index (χ0v) is 21.5. The minimum Gasteiger partial charge on any atom is -0.497 e. The first-order valence-electron chi connectivity index (χ1n) is 11.4. The van der Waals surface area contributed by atoms with Crippen LogP contribution in [-0.4, -0.2) is 43.0 Å². The van der Waals surface area contributed by atoms with Crippen LogP contribution >= 0.6 is 15.9 Å². The Balaban J connectivity index is 1.62. The minimum atomic E-state index is -1.03. The van der Waals surface area contributed by atoms with Crippen molar-refractivity contribution in [3.05, 3.63) is 87.9 Å². The number of methoxy groups -OCH3 is 2. The number of amides is 3. The number of fused-ring (bicyclic) bond motifs is 1. The standard InChI is InChI=1S/C27H24BrN3O5/c1-15-6-4-9-18(12-15)30-26(33)22-23(20-11-10-19(35-2)14-21(20)36-3)29-31(24(22)27(30)34)25(32)16-7-5-8-17(28)13-16/h4-14,22-24,29H,1-3H3. The monoisotopic (exact) mass is 549 g/mol. The van der Waals surface area contributed by atoms with Crippen LogP contribution < -0.4 is 19.8 Å². The molecule has 3 unspecified atom stereocenters. The van der Waals surface area contributed by atoms with E-state index >= 15 is 0 Å². The summed E-state index contributed by atoms with van der Waals surface area (Å²) in [6.45, 7) is 1.89. The Hall–Kier alpha value is -3.69. The number of hydrogen-bond acceptors (Lipinski definition) is 6. The number of carbonyl (C=O) groups is 3. The number of benzene rings is 3. The second-order valence-electron chi connectivity index (χ2n) is 8.72. The summed E-state index contributed by atoms with van der Waals surface area (Å²) < 4.78 is 11.6. The molecule has 3 atom stereocenters. The van der Waals surface area contributed by atoms with Gasteiger partial charge in [0, 0.05) is 21.7 Å². The molecule has 3 aromatic rings. The molecule has 3 aromatic carbocycles. The fourth-order valence-corrected chi connectivity index (χ4v) is 5.29. The number of imide groups is 1. The molecule has 184 valence electrons. The zero-order valence-electron chi connectivity index (χ0n) is 19.9. The number of aryl methyl sites for hydroxylation is 1. The summed E-state index contributed by atoms with van der Waals surface area (Å²) in [6.07, 6.45) is 0. The van der Waals surface area contributed by atoms with E-state index in [1.54, 1.807) is 61.7 Å². The maximum Gasteiger partial charge on any atom is 0.268 e. The third-order valence-corrected chi connectivity index (χ3v) is 7.05. The minimum absolute atomic E-state index is 0.379. The SMILES string of the molecule is COc1ccc(C2NN(C(=O)c3cccc(Br)c3)C3C(=O)N(c4cccc(C)c4)C(=O)C23)c(OC)c1. The Labute approximate surface area is 216 Å². The molecule has 2 heterocycles. The van der Waals surface area contributed by atoms with Crippen molar-refractivity contribution >= 4 is 39.3 Å². The molecule has 0 aromatic heterocycles. The lowest BCUT2D eigenvalue weighted by molar-refractivity contribution is -0.123. The number of ether oxygens (including phenoxy) is 2. The molecule has 3 amide bonds. The van der Waals surface area contributed by atoms with Gasteiger partial charge in [0.2, 0.25) is 5.91 Å². The highest BCUT2D eigenvalue weighted by molar-refractivity contribution is 9.10. The van der Waals surface area contributed by atoms with E-state index in [1.165, 1.54) is 17.0 Å². The van der Waals surface area contributed by atoms with Crippen molar-refractivity contribution in [3.8, 4) is 11.5 Å². The average molecular weight is 550 g/mol. The Morgan fingerprint density at radius 3 is 2.42 bits per heavy atom. The van der Waals surface area contributed by atoms with E-state index in [2.05, 4.69) is 21.4 Å². The molecule has 0 aliphatic carbocycles. The van der Waals surface area contributed by atoms with Crippen LogP contribution in [0.5, 0.6) is 11.5 Å². The predicted octanol–water partition coefficient (Wildman–Crippen LogP) is 4.03. The Morgan fingerprint density at radius 2 is 1.72 bits per heavy atom. The first-order valence-corrected chi connectivity index (χ1v) is 12.1. The van der Waals surface area contributed by atoms with Crippen molar-refractivity contribution in [2.45, 2.75) is 19.0 Å². The van der Waals surface area contributed by atoms with Gasteiger partial charge in [0.1, 0.15) is 17.5 Å². The van der Waals surface area contributed by atoms with Crippen molar-refractivity contribution in [3.63, 3.8) is 0 Å². The molecule has 1 N–H and O–H groups in total. The molecule has 8 nitrogen and oxygen atoms in total. The lowest BCUT2D eigenvalue weighted by atomic mass is 9.90. The molecule has 0 bridgehead atoms. The van der Waals surface area contributed by atoms with Crippen LogP contribution in [0.2, 0.25) is 0 Å². The zero-order chi connectivity index (χ0) is 25.6. The van der Waals surface area contributed by atoms with Crippen molar-refractivity contribution in [2.24, 2.45) is 5.92 Å². The lowest BCUT2D eigenvalue weighted by Gasteiger charge is -2.26. The molecule has 2 saturated heterocycles. The van der Waals surface area contributed by atoms with Crippen molar-refractivity contribution in [1.82, 2.24) is 10.4 Å². The van der Waals surface area contributed by atoms with Gasteiger partial charge in [-0.15, -0.1) is 0 Å². The molecule has 9 heteroatoms. The highest BCUT2D eigenvalue weighted by atomic mass is 79.9. The highest BCUT2D eigenvalue weighted by Gasteiger charge is 2.60. The van der Waals surface area contributed by atoms with Gasteiger partial charge in [0.25, 0.3) is 11.8 Å². The molecule has 0 spiro atoms. The van der Waals surface area contributed by atoms with Crippen LogP contribution in [0.1, 0.15) is 27.5 Å². The largest absolute Gasteiger partial charge is 0.497 e. The van der Waals surface area contributed by atoms with Gasteiger partial charge in [-0.2, -0.15) is 0 Å². The second kappa shape index (κ2) is 9.40. The molecule has 0 radical (unpaired) electrons. The van der Waals surface area contributed by atoms with Gasteiger partial charge in [-0.25, -0.2) is 10.3 Å². The van der Waals surface area contributed by atoms with E-state index in [-0.39, 0.29) is 5.91 Å². The van der Waals surface area contributed by atoms with Gasteiger partial charge in [-0.1, -0.05) is 34.1 Å². The molecule has 2 fully saturated rings. The highest BCUT2D eigenvalue weighted by Crippen LogP contribution is 2.45. The third kappa shape index (κ3) is 3.94. The van der Waals surface area contributed by atoms with Crippen LogP contribution in [0.25, 0.3) is 0 Å². The van der Waals surface area contributed by atoms with Crippen LogP contribution in [0.4, 0.5) is 5.69 Å². The maximum atomic E-state index is 13.8. The summed E-state index contributed by atoms with van der Waals surface area (Å²) in [7, 11) is 3.07. The Bertz CT molecular complexity index is 1380. The average Bonchev–Trinajstić information content (AvgIpc) is 3.39. The molecule has 36 heavy (non-hydrogen) atoms. The van der Waals surface area contributed by atoms with Gasteiger partial charge >= 0.3 is 0 Å². The summed E-state index contributed by atoms with van der Waals surface area (Å²) in [4.78, 5) is 42.4. The van der Waals surface area contributed by atoms with Gasteiger partial charge in [-0.05, 0) is 55.0 Å². The van der Waals surface area contributed by atoms with E-state index in [1.807, 2.05) is 19.1 Å². The Morgan fingerprint density at radius 1 is 0.944 bits per heavy atom. The predicted molar refractivity (Wildman–Crippen MR) is 137 cm³/mol. The summed E-state index contributed by atoms with van der Waals surface area (Å²) in [5.41, 5.74) is 5.58. The molecule has 0 saturated carbocycles. The first-order chi connectivity index (χ1) is 17.3. The topological polar surface area (TPSA) is 88.2 Å². The number of hydrazine groups is 1. The van der Waals surface area contributed by atoms with E-state index in [0.717, 1.165) is 10.0 Å². The number of nitrogens with zero attached hydrogens (tertiary/aromatic N) is 2. The van der Waals surface area contributed by atoms with E-state index in [9.17, 15) is 14.4 Å². The van der Waals surface area contributed by atoms with Crippen LogP contribution in [0.3, 0.4) is 0 Å². The number of halogens is 1. The number of anilines is 1. The third-order valence-electron chi connectivity index (χ3n) is 6.56. The lowest BCUT2D eigenvalue weighted by Crippen LogP contribution is -2.48. The number of carbonyl (C=O) groups excluding carboxylic acids is 3.